The smallest absolute Gasteiger partial charge is 0.0867 e. The van der Waals surface area contributed by atoms with E-state index in [1.54, 1.807) is 0 Å². The molecule has 18 heavy (non-hydrogen) atoms. The second-order valence-corrected chi connectivity index (χ2v) is 4.96. The molecule has 1 N–H and O–H groups in total. The normalized spacial score (nSPS) is 18.4. The minimum atomic E-state index is 0.0219. The van der Waals surface area contributed by atoms with E-state index in [-0.39, 0.29) is 6.04 Å². The lowest BCUT2D eigenvalue weighted by Gasteiger charge is -2.32. The van der Waals surface area contributed by atoms with Crippen molar-refractivity contribution in [3.05, 3.63) is 53.8 Å². The van der Waals surface area contributed by atoms with Crippen LogP contribution in [0.2, 0.25) is 0 Å². The summed E-state index contributed by atoms with van der Waals surface area (Å²) in [5, 5.41) is 7.57. The minimum Gasteiger partial charge on any atom is -0.336 e. The number of nitrogens with zero attached hydrogens (tertiary/aromatic N) is 1. The van der Waals surface area contributed by atoms with Crippen LogP contribution in [0.4, 0.5) is 5.69 Å². The Bertz CT molecular complexity index is 498. The summed E-state index contributed by atoms with van der Waals surface area (Å²) < 4.78 is 0. The number of hydrogen-bond acceptors (Lipinski definition) is 2. The van der Waals surface area contributed by atoms with E-state index in [2.05, 4.69) is 50.1 Å². The Morgan fingerprint density at radius 3 is 2.72 bits per heavy atom. The number of allylic oxidation sites excluding steroid dienone is 2. The molecule has 1 heterocycles. The van der Waals surface area contributed by atoms with E-state index in [4.69, 9.17) is 5.41 Å². The number of hydrogen-bond donors (Lipinski definition) is 1. The SMILES string of the molecule is Cc1cccc(C(C)C)c1N1C=CC=CC1C=N. The second kappa shape index (κ2) is 5.21. The number of benzene rings is 1. The van der Waals surface area contributed by atoms with Crippen LogP contribution >= 0.6 is 0 Å². The standard InChI is InChI=1S/C16H20N2/c1-12(2)15-9-6-7-13(3)16(15)18-10-5-4-8-14(18)11-17/h4-12,14,17H,1-3H3. The Kier molecular flexibility index (Phi) is 3.66. The van der Waals surface area contributed by atoms with Crippen molar-refractivity contribution in [2.75, 3.05) is 4.90 Å². The van der Waals surface area contributed by atoms with Gasteiger partial charge in [0.05, 0.1) is 6.04 Å². The lowest BCUT2D eigenvalue weighted by molar-refractivity contribution is 0.845. The fourth-order valence-electron chi connectivity index (χ4n) is 2.37. The summed E-state index contributed by atoms with van der Waals surface area (Å²) in [7, 11) is 0. The van der Waals surface area contributed by atoms with Crippen LogP contribution < -0.4 is 4.90 Å². The molecule has 0 aliphatic carbocycles. The Hall–Kier alpha value is -1.83. The maximum Gasteiger partial charge on any atom is 0.0867 e. The first-order valence-electron chi connectivity index (χ1n) is 6.38. The molecule has 0 radical (unpaired) electrons. The van der Waals surface area contributed by atoms with Crippen LogP contribution in [-0.4, -0.2) is 12.3 Å². The van der Waals surface area contributed by atoms with Crippen molar-refractivity contribution in [3.8, 4) is 0 Å². The molecule has 2 nitrogen and oxygen atoms in total. The number of para-hydroxylation sites is 1. The summed E-state index contributed by atoms with van der Waals surface area (Å²) in [6.45, 7) is 6.55. The van der Waals surface area contributed by atoms with Crippen molar-refractivity contribution < 1.29 is 0 Å². The predicted molar refractivity (Wildman–Crippen MR) is 78.6 cm³/mol. The van der Waals surface area contributed by atoms with Gasteiger partial charge in [0, 0.05) is 18.1 Å². The van der Waals surface area contributed by atoms with Gasteiger partial charge in [0.1, 0.15) is 0 Å². The lowest BCUT2D eigenvalue weighted by atomic mass is 9.96. The van der Waals surface area contributed by atoms with Crippen molar-refractivity contribution in [2.45, 2.75) is 32.7 Å². The Labute approximate surface area is 109 Å². The molecule has 2 rings (SSSR count). The summed E-state index contributed by atoms with van der Waals surface area (Å²) in [5.41, 5.74) is 3.83. The molecule has 0 bridgehead atoms. The maximum atomic E-state index is 7.57. The van der Waals surface area contributed by atoms with Crippen LogP contribution in [0.3, 0.4) is 0 Å². The van der Waals surface area contributed by atoms with E-state index in [1.165, 1.54) is 23.0 Å². The van der Waals surface area contributed by atoms with Gasteiger partial charge in [-0.25, -0.2) is 0 Å². The molecule has 0 saturated carbocycles. The number of rotatable bonds is 3. The van der Waals surface area contributed by atoms with Crippen LogP contribution in [-0.2, 0) is 0 Å². The average Bonchev–Trinajstić information content (AvgIpc) is 2.38. The van der Waals surface area contributed by atoms with Gasteiger partial charge in [-0.15, -0.1) is 0 Å². The quantitative estimate of drug-likeness (QED) is 0.793. The summed E-state index contributed by atoms with van der Waals surface area (Å²) >= 11 is 0. The summed E-state index contributed by atoms with van der Waals surface area (Å²) in [4.78, 5) is 2.18. The van der Waals surface area contributed by atoms with Gasteiger partial charge in [-0.3, -0.25) is 0 Å². The summed E-state index contributed by atoms with van der Waals surface area (Å²) in [6, 6.07) is 6.44. The first-order valence-corrected chi connectivity index (χ1v) is 6.38. The first kappa shape index (κ1) is 12.6. The van der Waals surface area contributed by atoms with Crippen LogP contribution in [0.15, 0.2) is 42.6 Å². The van der Waals surface area contributed by atoms with Crippen LogP contribution in [0.1, 0.15) is 30.9 Å². The molecule has 1 aromatic rings. The van der Waals surface area contributed by atoms with Gasteiger partial charge < -0.3 is 10.3 Å². The van der Waals surface area contributed by atoms with Crippen molar-refractivity contribution in [1.82, 2.24) is 0 Å². The molecule has 0 fully saturated rings. The molecular weight excluding hydrogens is 220 g/mol. The van der Waals surface area contributed by atoms with Gasteiger partial charge in [0.15, 0.2) is 0 Å². The monoisotopic (exact) mass is 240 g/mol. The molecule has 1 aliphatic heterocycles. The Morgan fingerprint density at radius 2 is 2.06 bits per heavy atom. The molecule has 0 amide bonds. The van der Waals surface area contributed by atoms with Gasteiger partial charge in [0.2, 0.25) is 0 Å². The Morgan fingerprint density at radius 1 is 1.28 bits per heavy atom. The van der Waals surface area contributed by atoms with Gasteiger partial charge in [0.25, 0.3) is 0 Å². The largest absolute Gasteiger partial charge is 0.336 e. The van der Waals surface area contributed by atoms with E-state index in [9.17, 15) is 0 Å². The van der Waals surface area contributed by atoms with Crippen molar-refractivity contribution in [1.29, 1.82) is 5.41 Å². The van der Waals surface area contributed by atoms with E-state index in [1.807, 2.05) is 18.2 Å². The van der Waals surface area contributed by atoms with Crippen LogP contribution in [0, 0.1) is 12.3 Å². The van der Waals surface area contributed by atoms with Crippen molar-refractivity contribution >= 4 is 11.9 Å². The molecule has 1 atom stereocenters. The van der Waals surface area contributed by atoms with Crippen molar-refractivity contribution in [2.24, 2.45) is 0 Å². The number of nitrogens with one attached hydrogen (secondary N) is 1. The minimum absolute atomic E-state index is 0.0219. The molecule has 0 spiro atoms. The third-order valence-electron chi connectivity index (χ3n) is 3.31. The fraction of sp³-hybridized carbons (Fsp3) is 0.312. The predicted octanol–water partition coefficient (Wildman–Crippen LogP) is 4.03. The Balaban J connectivity index is 2.52. The van der Waals surface area contributed by atoms with E-state index >= 15 is 0 Å². The van der Waals surface area contributed by atoms with Gasteiger partial charge in [-0.1, -0.05) is 44.2 Å². The summed E-state index contributed by atoms with van der Waals surface area (Å²) in [6.07, 6.45) is 9.61. The topological polar surface area (TPSA) is 27.1 Å². The van der Waals surface area contributed by atoms with Crippen molar-refractivity contribution in [3.63, 3.8) is 0 Å². The third-order valence-corrected chi connectivity index (χ3v) is 3.31. The molecule has 1 unspecified atom stereocenters. The zero-order chi connectivity index (χ0) is 13.1. The lowest BCUT2D eigenvalue weighted by Crippen LogP contribution is -2.32. The number of anilines is 1. The van der Waals surface area contributed by atoms with Gasteiger partial charge in [-0.2, -0.15) is 0 Å². The highest BCUT2D eigenvalue weighted by Gasteiger charge is 2.19. The van der Waals surface area contributed by atoms with Gasteiger partial charge >= 0.3 is 0 Å². The maximum absolute atomic E-state index is 7.57. The highest BCUT2D eigenvalue weighted by Crippen LogP contribution is 2.33. The zero-order valence-electron chi connectivity index (χ0n) is 11.2. The fourth-order valence-corrected chi connectivity index (χ4v) is 2.37. The van der Waals surface area contributed by atoms with Crippen LogP contribution in [0.5, 0.6) is 0 Å². The van der Waals surface area contributed by atoms with Gasteiger partial charge in [-0.05, 0) is 30.0 Å². The molecule has 1 aromatic carbocycles. The van der Waals surface area contributed by atoms with E-state index in [0.29, 0.717) is 5.92 Å². The molecule has 2 heteroatoms. The molecule has 0 aromatic heterocycles. The summed E-state index contributed by atoms with van der Waals surface area (Å²) in [5.74, 6) is 0.477. The van der Waals surface area contributed by atoms with E-state index in [0.717, 1.165) is 0 Å². The van der Waals surface area contributed by atoms with Crippen LogP contribution in [0.25, 0.3) is 0 Å². The highest BCUT2D eigenvalue weighted by molar-refractivity contribution is 5.76. The zero-order valence-corrected chi connectivity index (χ0v) is 11.2. The number of aryl methyl sites for hydroxylation is 1. The molecule has 1 aliphatic rings. The second-order valence-electron chi connectivity index (χ2n) is 4.96. The third kappa shape index (κ3) is 2.23. The average molecular weight is 240 g/mol. The first-order chi connectivity index (χ1) is 8.65. The van der Waals surface area contributed by atoms with E-state index < -0.39 is 0 Å². The molecular formula is C16H20N2. The molecule has 0 saturated heterocycles. The molecule has 94 valence electrons. The highest BCUT2D eigenvalue weighted by atomic mass is 15.1.